The second-order valence-corrected chi connectivity index (χ2v) is 6.47. The van der Waals surface area contributed by atoms with Crippen LogP contribution in [0.4, 0.5) is 17.5 Å². The third kappa shape index (κ3) is 3.95. The van der Waals surface area contributed by atoms with E-state index in [1.807, 2.05) is 48.5 Å². The van der Waals surface area contributed by atoms with Crippen LogP contribution in [0.15, 0.2) is 60.7 Å². The highest BCUT2D eigenvalue weighted by Crippen LogP contribution is 2.26. The van der Waals surface area contributed by atoms with Gasteiger partial charge < -0.3 is 15.0 Å². The third-order valence-corrected chi connectivity index (χ3v) is 4.43. The number of morpholine rings is 1. The molecule has 1 N–H and O–H groups in total. The largest absolute Gasteiger partial charge is 0.378 e. The van der Waals surface area contributed by atoms with Crippen molar-refractivity contribution < 1.29 is 4.74 Å². The lowest BCUT2D eigenvalue weighted by atomic mass is 10.1. The average molecular weight is 367 g/mol. The van der Waals surface area contributed by atoms with Crippen molar-refractivity contribution in [2.75, 3.05) is 36.5 Å². The van der Waals surface area contributed by atoms with Crippen LogP contribution in [-0.2, 0) is 4.74 Å². The first-order chi connectivity index (χ1) is 12.8. The molecule has 5 nitrogen and oxygen atoms in total. The van der Waals surface area contributed by atoms with E-state index in [1.54, 1.807) is 0 Å². The van der Waals surface area contributed by atoms with Crippen LogP contribution in [0.2, 0.25) is 5.02 Å². The highest BCUT2D eigenvalue weighted by atomic mass is 35.5. The van der Waals surface area contributed by atoms with Crippen molar-refractivity contribution in [3.63, 3.8) is 0 Å². The van der Waals surface area contributed by atoms with Crippen LogP contribution < -0.4 is 10.2 Å². The van der Waals surface area contributed by atoms with E-state index in [0.717, 1.165) is 35.9 Å². The maximum absolute atomic E-state index is 6.09. The second-order valence-electron chi connectivity index (χ2n) is 6.04. The molecule has 26 heavy (non-hydrogen) atoms. The minimum absolute atomic E-state index is 0.551. The summed E-state index contributed by atoms with van der Waals surface area (Å²) in [6.07, 6.45) is 0. The minimum atomic E-state index is 0.551. The Kier molecular flexibility index (Phi) is 5.00. The Morgan fingerprint density at radius 1 is 0.923 bits per heavy atom. The highest BCUT2D eigenvalue weighted by molar-refractivity contribution is 6.30. The van der Waals surface area contributed by atoms with Crippen molar-refractivity contribution in [2.24, 2.45) is 0 Å². The summed E-state index contributed by atoms with van der Waals surface area (Å²) in [6.45, 7) is 3.06. The fourth-order valence-electron chi connectivity index (χ4n) is 2.90. The molecule has 1 saturated heterocycles. The van der Waals surface area contributed by atoms with Gasteiger partial charge in [0.25, 0.3) is 0 Å². The number of anilines is 3. The highest BCUT2D eigenvalue weighted by Gasteiger charge is 2.16. The fourth-order valence-corrected chi connectivity index (χ4v) is 3.09. The maximum Gasteiger partial charge on any atom is 0.229 e. The molecule has 0 bridgehead atoms. The number of rotatable bonds is 4. The van der Waals surface area contributed by atoms with Crippen molar-refractivity contribution in [1.82, 2.24) is 9.97 Å². The van der Waals surface area contributed by atoms with Crippen molar-refractivity contribution in [1.29, 1.82) is 0 Å². The molecule has 0 atom stereocenters. The predicted molar refractivity (Wildman–Crippen MR) is 105 cm³/mol. The Balaban J connectivity index is 1.72. The molecule has 0 amide bonds. The van der Waals surface area contributed by atoms with E-state index in [9.17, 15) is 0 Å². The SMILES string of the molecule is Clc1cccc(Nc2nc(-c3ccccc3)cc(N3CCOCC3)n2)c1. The lowest BCUT2D eigenvalue weighted by Gasteiger charge is -2.28. The summed E-state index contributed by atoms with van der Waals surface area (Å²) in [5.74, 6) is 1.45. The Labute approximate surface area is 157 Å². The van der Waals surface area contributed by atoms with Crippen molar-refractivity contribution in [3.05, 3.63) is 65.7 Å². The minimum Gasteiger partial charge on any atom is -0.378 e. The molecule has 1 fully saturated rings. The van der Waals surface area contributed by atoms with E-state index in [2.05, 4.69) is 22.3 Å². The van der Waals surface area contributed by atoms with Gasteiger partial charge in [-0.05, 0) is 18.2 Å². The zero-order chi connectivity index (χ0) is 17.8. The first-order valence-electron chi connectivity index (χ1n) is 8.58. The molecular weight excluding hydrogens is 348 g/mol. The number of nitrogens with one attached hydrogen (secondary N) is 1. The van der Waals surface area contributed by atoms with Gasteiger partial charge in [0.1, 0.15) is 5.82 Å². The quantitative estimate of drug-likeness (QED) is 0.742. The molecule has 1 aliphatic rings. The first kappa shape index (κ1) is 16.8. The first-order valence-corrected chi connectivity index (χ1v) is 8.95. The smallest absolute Gasteiger partial charge is 0.229 e. The van der Waals surface area contributed by atoms with Crippen LogP contribution in [0, 0.1) is 0 Å². The number of hydrogen-bond acceptors (Lipinski definition) is 5. The van der Waals surface area contributed by atoms with E-state index in [1.165, 1.54) is 0 Å². The Bertz CT molecular complexity index is 882. The third-order valence-electron chi connectivity index (χ3n) is 4.20. The number of benzene rings is 2. The van der Waals surface area contributed by atoms with E-state index < -0.39 is 0 Å². The zero-order valence-electron chi connectivity index (χ0n) is 14.2. The number of hydrogen-bond donors (Lipinski definition) is 1. The van der Waals surface area contributed by atoms with Gasteiger partial charge in [0.2, 0.25) is 5.95 Å². The number of halogens is 1. The molecule has 2 heterocycles. The van der Waals surface area contributed by atoms with Crippen molar-refractivity contribution in [2.45, 2.75) is 0 Å². The normalized spacial score (nSPS) is 14.3. The van der Waals surface area contributed by atoms with Gasteiger partial charge in [0.05, 0.1) is 18.9 Å². The summed E-state index contributed by atoms with van der Waals surface area (Å²) >= 11 is 6.09. The van der Waals surface area contributed by atoms with Gasteiger partial charge in [-0.25, -0.2) is 4.98 Å². The summed E-state index contributed by atoms with van der Waals surface area (Å²) in [5, 5.41) is 3.94. The van der Waals surface area contributed by atoms with Gasteiger partial charge in [-0.15, -0.1) is 0 Å². The van der Waals surface area contributed by atoms with Gasteiger partial charge in [-0.2, -0.15) is 4.98 Å². The summed E-state index contributed by atoms with van der Waals surface area (Å²) in [6, 6.07) is 19.7. The van der Waals surface area contributed by atoms with Gasteiger partial charge in [-0.1, -0.05) is 48.0 Å². The van der Waals surface area contributed by atoms with Crippen LogP contribution in [0.3, 0.4) is 0 Å². The van der Waals surface area contributed by atoms with Crippen molar-refractivity contribution in [3.8, 4) is 11.3 Å². The monoisotopic (exact) mass is 366 g/mol. The maximum atomic E-state index is 6.09. The standard InChI is InChI=1S/C20H19ClN4O/c21-16-7-4-8-17(13-16)22-20-23-18(15-5-2-1-3-6-15)14-19(24-20)25-9-11-26-12-10-25/h1-8,13-14H,9-12H2,(H,22,23,24). The molecule has 0 spiro atoms. The van der Waals surface area contributed by atoms with Crippen LogP contribution in [0.25, 0.3) is 11.3 Å². The molecule has 0 unspecified atom stereocenters. The van der Waals surface area contributed by atoms with Crippen LogP contribution in [0.1, 0.15) is 0 Å². The topological polar surface area (TPSA) is 50.3 Å². The second kappa shape index (κ2) is 7.72. The molecule has 3 aromatic rings. The van der Waals surface area contributed by atoms with Crippen molar-refractivity contribution >= 4 is 29.1 Å². The summed E-state index contributed by atoms with van der Waals surface area (Å²) in [5.41, 5.74) is 2.79. The molecule has 4 rings (SSSR count). The van der Waals surface area contributed by atoms with Gasteiger partial charge in [0, 0.05) is 35.4 Å². The lowest BCUT2D eigenvalue weighted by Crippen LogP contribution is -2.36. The van der Waals surface area contributed by atoms with Crippen LogP contribution in [0.5, 0.6) is 0 Å². The molecule has 6 heteroatoms. The molecule has 1 aromatic heterocycles. The molecule has 0 saturated carbocycles. The van der Waals surface area contributed by atoms with Crippen LogP contribution >= 0.6 is 11.6 Å². The van der Waals surface area contributed by atoms with E-state index >= 15 is 0 Å². The molecular formula is C20H19ClN4O. The molecule has 1 aliphatic heterocycles. The van der Waals surface area contributed by atoms with Gasteiger partial charge in [-0.3, -0.25) is 0 Å². The Hall–Kier alpha value is -2.63. The van der Waals surface area contributed by atoms with E-state index in [4.69, 9.17) is 26.3 Å². The number of nitrogens with zero attached hydrogens (tertiary/aromatic N) is 3. The van der Waals surface area contributed by atoms with Crippen LogP contribution in [-0.4, -0.2) is 36.3 Å². The molecule has 2 aromatic carbocycles. The van der Waals surface area contributed by atoms with Gasteiger partial charge in [0.15, 0.2) is 0 Å². The zero-order valence-corrected chi connectivity index (χ0v) is 15.0. The lowest BCUT2D eigenvalue weighted by molar-refractivity contribution is 0.122. The predicted octanol–water partition coefficient (Wildman–Crippen LogP) is 4.38. The molecule has 0 radical (unpaired) electrons. The molecule has 0 aliphatic carbocycles. The Morgan fingerprint density at radius 2 is 1.73 bits per heavy atom. The van der Waals surface area contributed by atoms with E-state index in [-0.39, 0.29) is 0 Å². The van der Waals surface area contributed by atoms with E-state index in [0.29, 0.717) is 24.2 Å². The molecule has 132 valence electrons. The van der Waals surface area contributed by atoms with Gasteiger partial charge >= 0.3 is 0 Å². The fraction of sp³-hybridized carbons (Fsp3) is 0.200. The Morgan fingerprint density at radius 3 is 2.50 bits per heavy atom. The average Bonchev–Trinajstić information content (AvgIpc) is 2.69. The number of ether oxygens (including phenoxy) is 1. The summed E-state index contributed by atoms with van der Waals surface area (Å²) < 4.78 is 5.46. The number of aromatic nitrogens is 2. The summed E-state index contributed by atoms with van der Waals surface area (Å²) in [4.78, 5) is 11.6. The summed E-state index contributed by atoms with van der Waals surface area (Å²) in [7, 11) is 0.